The zero-order valence-corrected chi connectivity index (χ0v) is 17.8. The van der Waals surface area contributed by atoms with Gasteiger partial charge in [-0.05, 0) is 30.3 Å². The van der Waals surface area contributed by atoms with E-state index in [-0.39, 0.29) is 22.9 Å². The second-order valence-electron chi connectivity index (χ2n) is 6.21. The van der Waals surface area contributed by atoms with Crippen molar-refractivity contribution in [2.75, 3.05) is 25.8 Å². The number of anilines is 1. The van der Waals surface area contributed by atoms with Gasteiger partial charge in [-0.15, -0.1) is 11.3 Å². The molecule has 1 heterocycles. The molecule has 3 rings (SSSR count). The number of para-hydroxylation sites is 1. The van der Waals surface area contributed by atoms with Crippen molar-refractivity contribution in [2.24, 2.45) is 0 Å². The molecule has 0 unspecified atom stereocenters. The number of carbonyl (C=O) groups excluding carboxylic acids is 1. The molecule has 0 aliphatic heterocycles. The Kier molecular flexibility index (Phi) is 6.19. The standard InChI is InChI=1S/C20H20N2O5S2/c1-26-16-9-8-13(10-17(16)27-2)20-21-14(12-28-20)11-19(23)22-15-6-4-5-7-18(15)29(3,24)25/h4-10,12H,11H2,1-3H3,(H,22,23). The molecule has 0 radical (unpaired) electrons. The van der Waals surface area contributed by atoms with E-state index in [1.54, 1.807) is 43.9 Å². The van der Waals surface area contributed by atoms with Crippen LogP contribution in [-0.4, -0.2) is 39.8 Å². The summed E-state index contributed by atoms with van der Waals surface area (Å²) in [7, 11) is -0.315. The Morgan fingerprint density at radius 1 is 1.10 bits per heavy atom. The van der Waals surface area contributed by atoms with Crippen LogP contribution < -0.4 is 14.8 Å². The molecule has 9 heteroatoms. The second kappa shape index (κ2) is 8.62. The number of aromatic nitrogens is 1. The van der Waals surface area contributed by atoms with Gasteiger partial charge < -0.3 is 14.8 Å². The molecule has 0 fully saturated rings. The number of hydrogen-bond donors (Lipinski definition) is 1. The van der Waals surface area contributed by atoms with Crippen molar-refractivity contribution >= 4 is 32.8 Å². The van der Waals surface area contributed by atoms with Crippen molar-refractivity contribution < 1.29 is 22.7 Å². The van der Waals surface area contributed by atoms with Crippen molar-refractivity contribution in [3.05, 3.63) is 53.5 Å². The van der Waals surface area contributed by atoms with Crippen LogP contribution in [0.4, 0.5) is 5.69 Å². The van der Waals surface area contributed by atoms with E-state index in [1.807, 2.05) is 12.1 Å². The highest BCUT2D eigenvalue weighted by molar-refractivity contribution is 7.90. The van der Waals surface area contributed by atoms with Crippen LogP contribution in [0.2, 0.25) is 0 Å². The summed E-state index contributed by atoms with van der Waals surface area (Å²) in [5.74, 6) is 0.874. The molecule has 2 aromatic carbocycles. The van der Waals surface area contributed by atoms with E-state index in [0.29, 0.717) is 17.2 Å². The number of rotatable bonds is 7. The lowest BCUT2D eigenvalue weighted by Gasteiger charge is -2.09. The fraction of sp³-hybridized carbons (Fsp3) is 0.200. The largest absolute Gasteiger partial charge is 0.493 e. The maximum absolute atomic E-state index is 12.4. The number of hydrogen-bond acceptors (Lipinski definition) is 7. The van der Waals surface area contributed by atoms with Crippen LogP contribution in [0.1, 0.15) is 5.69 Å². The van der Waals surface area contributed by atoms with Gasteiger partial charge in [-0.2, -0.15) is 0 Å². The van der Waals surface area contributed by atoms with Gasteiger partial charge in [0.15, 0.2) is 21.3 Å². The van der Waals surface area contributed by atoms with Crippen LogP contribution in [-0.2, 0) is 21.1 Å². The Labute approximate surface area is 173 Å². The summed E-state index contributed by atoms with van der Waals surface area (Å²) in [5.41, 5.74) is 1.70. The summed E-state index contributed by atoms with van der Waals surface area (Å²) in [6, 6.07) is 11.8. The Balaban J connectivity index is 1.75. The number of methoxy groups -OCH3 is 2. The number of amides is 1. The molecule has 29 heavy (non-hydrogen) atoms. The van der Waals surface area contributed by atoms with E-state index in [2.05, 4.69) is 10.3 Å². The van der Waals surface area contributed by atoms with Gasteiger partial charge in [0.1, 0.15) is 5.01 Å². The molecule has 0 aliphatic rings. The Morgan fingerprint density at radius 2 is 1.83 bits per heavy atom. The lowest BCUT2D eigenvalue weighted by Crippen LogP contribution is -2.16. The zero-order valence-electron chi connectivity index (χ0n) is 16.1. The van der Waals surface area contributed by atoms with Crippen molar-refractivity contribution in [3.8, 4) is 22.1 Å². The first-order valence-electron chi connectivity index (χ1n) is 8.57. The molecule has 0 spiro atoms. The number of nitrogens with one attached hydrogen (secondary N) is 1. The molecular formula is C20H20N2O5S2. The summed E-state index contributed by atoms with van der Waals surface area (Å²) < 4.78 is 34.3. The van der Waals surface area contributed by atoms with Gasteiger partial charge in [-0.3, -0.25) is 4.79 Å². The maximum atomic E-state index is 12.4. The first-order chi connectivity index (χ1) is 13.8. The Bertz CT molecular complexity index is 1140. The molecule has 1 amide bonds. The summed E-state index contributed by atoms with van der Waals surface area (Å²) in [6.45, 7) is 0. The summed E-state index contributed by atoms with van der Waals surface area (Å²) in [5, 5.41) is 5.20. The quantitative estimate of drug-likeness (QED) is 0.615. The average Bonchev–Trinajstić information content (AvgIpc) is 3.15. The van der Waals surface area contributed by atoms with Gasteiger partial charge in [-0.25, -0.2) is 13.4 Å². The fourth-order valence-electron chi connectivity index (χ4n) is 2.74. The monoisotopic (exact) mass is 432 g/mol. The van der Waals surface area contributed by atoms with E-state index in [1.165, 1.54) is 17.4 Å². The topological polar surface area (TPSA) is 94.6 Å². The zero-order chi connectivity index (χ0) is 21.0. The van der Waals surface area contributed by atoms with E-state index in [4.69, 9.17) is 9.47 Å². The minimum absolute atomic E-state index is 0.0296. The fourth-order valence-corrected chi connectivity index (χ4v) is 4.40. The number of sulfone groups is 1. The van der Waals surface area contributed by atoms with Crippen LogP contribution in [0.15, 0.2) is 52.7 Å². The highest BCUT2D eigenvalue weighted by atomic mass is 32.2. The van der Waals surface area contributed by atoms with Crippen LogP contribution in [0.5, 0.6) is 11.5 Å². The van der Waals surface area contributed by atoms with Crippen molar-refractivity contribution in [1.82, 2.24) is 4.98 Å². The molecule has 0 saturated heterocycles. The number of ether oxygens (including phenoxy) is 2. The van der Waals surface area contributed by atoms with E-state index in [9.17, 15) is 13.2 Å². The van der Waals surface area contributed by atoms with Crippen molar-refractivity contribution in [3.63, 3.8) is 0 Å². The Hall–Kier alpha value is -2.91. The molecule has 0 atom stereocenters. The minimum Gasteiger partial charge on any atom is -0.493 e. The smallest absolute Gasteiger partial charge is 0.230 e. The predicted octanol–water partition coefficient (Wildman–Crippen LogP) is 3.41. The third-order valence-corrected chi connectivity index (χ3v) is 6.18. The molecular weight excluding hydrogens is 412 g/mol. The molecule has 0 bridgehead atoms. The number of carbonyl (C=O) groups is 1. The van der Waals surface area contributed by atoms with Gasteiger partial charge >= 0.3 is 0 Å². The lowest BCUT2D eigenvalue weighted by atomic mass is 10.2. The minimum atomic E-state index is -3.45. The first-order valence-corrected chi connectivity index (χ1v) is 11.3. The van der Waals surface area contributed by atoms with Crippen LogP contribution in [0.3, 0.4) is 0 Å². The van der Waals surface area contributed by atoms with E-state index < -0.39 is 9.84 Å². The van der Waals surface area contributed by atoms with Crippen LogP contribution in [0, 0.1) is 0 Å². The van der Waals surface area contributed by atoms with Gasteiger partial charge in [-0.1, -0.05) is 12.1 Å². The number of benzene rings is 2. The molecule has 0 saturated carbocycles. The summed E-state index contributed by atoms with van der Waals surface area (Å²) >= 11 is 1.41. The molecule has 7 nitrogen and oxygen atoms in total. The van der Waals surface area contributed by atoms with Gasteiger partial charge in [0.2, 0.25) is 5.91 Å². The highest BCUT2D eigenvalue weighted by Crippen LogP contribution is 2.33. The first kappa shape index (κ1) is 20.8. The van der Waals surface area contributed by atoms with Crippen molar-refractivity contribution in [1.29, 1.82) is 0 Å². The molecule has 1 N–H and O–H groups in total. The normalized spacial score (nSPS) is 11.1. The van der Waals surface area contributed by atoms with Gasteiger partial charge in [0, 0.05) is 17.2 Å². The van der Waals surface area contributed by atoms with Crippen LogP contribution in [0.25, 0.3) is 10.6 Å². The van der Waals surface area contributed by atoms with Gasteiger partial charge in [0.05, 0.1) is 36.9 Å². The van der Waals surface area contributed by atoms with E-state index >= 15 is 0 Å². The third kappa shape index (κ3) is 4.93. The molecule has 1 aromatic heterocycles. The second-order valence-corrected chi connectivity index (χ2v) is 9.05. The third-order valence-electron chi connectivity index (χ3n) is 4.08. The number of thiazole rings is 1. The van der Waals surface area contributed by atoms with Crippen LogP contribution >= 0.6 is 11.3 Å². The number of nitrogens with zero attached hydrogens (tertiary/aromatic N) is 1. The SMILES string of the molecule is COc1ccc(-c2nc(CC(=O)Nc3ccccc3S(C)(=O)=O)cs2)cc1OC. The van der Waals surface area contributed by atoms with E-state index in [0.717, 1.165) is 16.8 Å². The average molecular weight is 433 g/mol. The molecule has 152 valence electrons. The summed E-state index contributed by atoms with van der Waals surface area (Å²) in [6.07, 6.45) is 1.13. The highest BCUT2D eigenvalue weighted by Gasteiger charge is 2.16. The Morgan fingerprint density at radius 3 is 2.52 bits per heavy atom. The van der Waals surface area contributed by atoms with Crippen molar-refractivity contribution in [2.45, 2.75) is 11.3 Å². The molecule has 0 aliphatic carbocycles. The lowest BCUT2D eigenvalue weighted by molar-refractivity contribution is -0.115. The predicted molar refractivity (Wildman–Crippen MR) is 113 cm³/mol. The summed E-state index contributed by atoms with van der Waals surface area (Å²) in [4.78, 5) is 17.0. The van der Waals surface area contributed by atoms with Gasteiger partial charge in [0.25, 0.3) is 0 Å². The maximum Gasteiger partial charge on any atom is 0.230 e. The molecule has 3 aromatic rings.